The Bertz CT molecular complexity index is 581. The standard InChI is InChI=1S/C17H26F3N3O2/c1-4-6-13-7-5-8-25-16(10-13,17(18,19)20)15(24)21-11-14-9-12(2)23(3)22-14/h9,13H,4-8,10-11H2,1-3H3,(H,21,24)/t13?,16-/m0/s1. The van der Waals surface area contributed by atoms with Crippen molar-refractivity contribution < 1.29 is 22.7 Å². The Balaban J connectivity index is 2.18. The summed E-state index contributed by atoms with van der Waals surface area (Å²) in [5, 5.41) is 6.54. The zero-order valence-electron chi connectivity index (χ0n) is 14.9. The van der Waals surface area contributed by atoms with Gasteiger partial charge in [-0.15, -0.1) is 0 Å². The van der Waals surface area contributed by atoms with Gasteiger partial charge in [-0.25, -0.2) is 0 Å². The van der Waals surface area contributed by atoms with Crippen LogP contribution in [0.4, 0.5) is 13.2 Å². The molecule has 1 N–H and O–H groups in total. The van der Waals surface area contributed by atoms with E-state index in [0.29, 0.717) is 25.0 Å². The molecule has 0 saturated carbocycles. The molecule has 8 heteroatoms. The number of aromatic nitrogens is 2. The molecule has 0 aliphatic carbocycles. The lowest BCUT2D eigenvalue weighted by Gasteiger charge is -2.34. The third kappa shape index (κ3) is 4.34. The molecule has 0 spiro atoms. The molecule has 0 bridgehead atoms. The molecule has 2 rings (SSSR count). The normalized spacial score (nSPS) is 24.8. The van der Waals surface area contributed by atoms with Crippen LogP contribution in [-0.2, 0) is 23.1 Å². The fourth-order valence-corrected chi connectivity index (χ4v) is 3.36. The zero-order valence-corrected chi connectivity index (χ0v) is 14.9. The Morgan fingerprint density at radius 1 is 1.52 bits per heavy atom. The van der Waals surface area contributed by atoms with Gasteiger partial charge in [-0.05, 0) is 38.2 Å². The minimum Gasteiger partial charge on any atom is -0.357 e. The number of hydrogen-bond acceptors (Lipinski definition) is 3. The number of amides is 1. The Morgan fingerprint density at radius 2 is 2.24 bits per heavy atom. The van der Waals surface area contributed by atoms with Gasteiger partial charge < -0.3 is 10.1 Å². The number of halogens is 3. The molecule has 0 radical (unpaired) electrons. The van der Waals surface area contributed by atoms with Crippen LogP contribution in [0.3, 0.4) is 0 Å². The van der Waals surface area contributed by atoms with E-state index in [-0.39, 0.29) is 25.5 Å². The molecule has 1 saturated heterocycles. The summed E-state index contributed by atoms with van der Waals surface area (Å²) in [5.74, 6) is -1.29. The number of carbonyl (C=O) groups excluding carboxylic acids is 1. The van der Waals surface area contributed by atoms with Crippen LogP contribution in [0, 0.1) is 12.8 Å². The van der Waals surface area contributed by atoms with Gasteiger partial charge in [-0.3, -0.25) is 9.48 Å². The largest absolute Gasteiger partial charge is 0.426 e. The molecule has 1 aromatic rings. The summed E-state index contributed by atoms with van der Waals surface area (Å²) in [4.78, 5) is 12.5. The van der Waals surface area contributed by atoms with Crippen LogP contribution in [0.15, 0.2) is 6.07 Å². The monoisotopic (exact) mass is 361 g/mol. The average Bonchev–Trinajstić information content (AvgIpc) is 2.73. The van der Waals surface area contributed by atoms with Crippen LogP contribution in [0.25, 0.3) is 0 Å². The zero-order chi connectivity index (χ0) is 18.7. The number of nitrogens with zero attached hydrogens (tertiary/aromatic N) is 2. The SMILES string of the molecule is CCCC1CCCO[C@@](C(=O)NCc2cc(C)n(C)n2)(C(F)(F)F)C1. The number of rotatable bonds is 5. The van der Waals surface area contributed by atoms with Gasteiger partial charge in [0.05, 0.1) is 12.2 Å². The van der Waals surface area contributed by atoms with Crippen molar-refractivity contribution >= 4 is 5.91 Å². The minimum absolute atomic E-state index is 0.0554. The first-order valence-electron chi connectivity index (χ1n) is 8.68. The van der Waals surface area contributed by atoms with Crippen LogP contribution in [0.5, 0.6) is 0 Å². The topological polar surface area (TPSA) is 56.1 Å². The maximum atomic E-state index is 13.8. The summed E-state index contributed by atoms with van der Waals surface area (Å²) in [6.07, 6.45) is -2.44. The quantitative estimate of drug-likeness (QED) is 0.876. The van der Waals surface area contributed by atoms with Gasteiger partial charge in [0.2, 0.25) is 5.60 Å². The number of alkyl halides is 3. The molecule has 142 valence electrons. The Hall–Kier alpha value is -1.57. The van der Waals surface area contributed by atoms with Gasteiger partial charge in [-0.2, -0.15) is 18.3 Å². The van der Waals surface area contributed by atoms with E-state index in [0.717, 1.165) is 12.1 Å². The molecule has 1 aliphatic rings. The summed E-state index contributed by atoms with van der Waals surface area (Å²) in [7, 11) is 1.74. The van der Waals surface area contributed by atoms with Crippen LogP contribution >= 0.6 is 0 Å². The van der Waals surface area contributed by atoms with Crippen molar-refractivity contribution in [3.63, 3.8) is 0 Å². The molecule has 1 amide bonds. The van der Waals surface area contributed by atoms with Crippen LogP contribution < -0.4 is 5.32 Å². The number of hydrogen-bond donors (Lipinski definition) is 1. The fourth-order valence-electron chi connectivity index (χ4n) is 3.36. The number of aryl methyl sites for hydroxylation is 2. The molecule has 1 unspecified atom stereocenters. The van der Waals surface area contributed by atoms with Crippen molar-refractivity contribution in [3.05, 3.63) is 17.5 Å². The highest BCUT2D eigenvalue weighted by Crippen LogP contribution is 2.42. The number of carbonyl (C=O) groups is 1. The van der Waals surface area contributed by atoms with E-state index in [4.69, 9.17) is 4.74 Å². The predicted octanol–water partition coefficient (Wildman–Crippen LogP) is 3.26. The van der Waals surface area contributed by atoms with Gasteiger partial charge in [0.1, 0.15) is 0 Å². The van der Waals surface area contributed by atoms with Crippen LogP contribution in [0.2, 0.25) is 0 Å². The Labute approximate surface area is 145 Å². The van der Waals surface area contributed by atoms with Crippen molar-refractivity contribution in [2.45, 2.75) is 64.3 Å². The average molecular weight is 361 g/mol. The van der Waals surface area contributed by atoms with Crippen LogP contribution in [-0.4, -0.2) is 34.1 Å². The van der Waals surface area contributed by atoms with E-state index in [9.17, 15) is 18.0 Å². The van der Waals surface area contributed by atoms with Gasteiger partial charge in [-0.1, -0.05) is 19.8 Å². The fraction of sp³-hybridized carbons (Fsp3) is 0.765. The van der Waals surface area contributed by atoms with Crippen molar-refractivity contribution in [3.8, 4) is 0 Å². The van der Waals surface area contributed by atoms with Gasteiger partial charge in [0.15, 0.2) is 0 Å². The first kappa shape index (κ1) is 19.8. The molecule has 2 atom stereocenters. The molecule has 2 heterocycles. The first-order valence-corrected chi connectivity index (χ1v) is 8.68. The van der Waals surface area contributed by atoms with E-state index < -0.39 is 17.7 Å². The molecular formula is C17H26F3N3O2. The Kier molecular flexibility index (Phi) is 6.13. The lowest BCUT2D eigenvalue weighted by atomic mass is 9.85. The lowest BCUT2D eigenvalue weighted by molar-refractivity contribution is -0.269. The highest BCUT2D eigenvalue weighted by Gasteiger charge is 2.62. The van der Waals surface area contributed by atoms with Gasteiger partial charge in [0, 0.05) is 19.3 Å². The molecular weight excluding hydrogens is 335 g/mol. The molecule has 1 aliphatic heterocycles. The third-order valence-corrected chi connectivity index (χ3v) is 4.80. The molecule has 25 heavy (non-hydrogen) atoms. The molecule has 0 aromatic carbocycles. The second-order valence-corrected chi connectivity index (χ2v) is 6.76. The highest BCUT2D eigenvalue weighted by molar-refractivity contribution is 5.86. The first-order chi connectivity index (χ1) is 11.7. The van der Waals surface area contributed by atoms with Crippen molar-refractivity contribution in [2.75, 3.05) is 6.61 Å². The van der Waals surface area contributed by atoms with Crippen molar-refractivity contribution in [2.24, 2.45) is 13.0 Å². The van der Waals surface area contributed by atoms with E-state index in [1.807, 2.05) is 13.8 Å². The minimum atomic E-state index is -4.76. The highest BCUT2D eigenvalue weighted by atomic mass is 19.4. The lowest BCUT2D eigenvalue weighted by Crippen LogP contribution is -2.59. The van der Waals surface area contributed by atoms with Crippen molar-refractivity contribution in [1.29, 1.82) is 0 Å². The van der Waals surface area contributed by atoms with Gasteiger partial charge in [0.25, 0.3) is 5.91 Å². The van der Waals surface area contributed by atoms with Gasteiger partial charge >= 0.3 is 6.18 Å². The smallest absolute Gasteiger partial charge is 0.357 e. The maximum absolute atomic E-state index is 13.8. The molecule has 1 aromatic heterocycles. The third-order valence-electron chi connectivity index (χ3n) is 4.80. The number of ether oxygens (including phenoxy) is 1. The van der Waals surface area contributed by atoms with Crippen molar-refractivity contribution in [1.82, 2.24) is 15.1 Å². The number of nitrogens with one attached hydrogen (secondary N) is 1. The molecule has 5 nitrogen and oxygen atoms in total. The van der Waals surface area contributed by atoms with E-state index in [2.05, 4.69) is 10.4 Å². The molecule has 1 fully saturated rings. The second kappa shape index (κ2) is 7.76. The Morgan fingerprint density at radius 3 is 2.80 bits per heavy atom. The van der Waals surface area contributed by atoms with E-state index >= 15 is 0 Å². The summed E-state index contributed by atoms with van der Waals surface area (Å²) in [6.45, 7) is 3.65. The second-order valence-electron chi connectivity index (χ2n) is 6.76. The van der Waals surface area contributed by atoms with E-state index in [1.165, 1.54) is 0 Å². The predicted molar refractivity (Wildman–Crippen MR) is 86.8 cm³/mol. The summed E-state index contributed by atoms with van der Waals surface area (Å²) in [6, 6.07) is 1.73. The maximum Gasteiger partial charge on any atom is 0.426 e. The van der Waals surface area contributed by atoms with E-state index in [1.54, 1.807) is 17.8 Å². The summed E-state index contributed by atoms with van der Waals surface area (Å²) in [5.41, 5.74) is -1.39. The summed E-state index contributed by atoms with van der Waals surface area (Å²) < 4.78 is 48.2. The summed E-state index contributed by atoms with van der Waals surface area (Å²) >= 11 is 0. The van der Waals surface area contributed by atoms with Crippen LogP contribution in [0.1, 0.15) is 50.4 Å².